The third-order valence-corrected chi connectivity index (χ3v) is 6.11. The first-order valence-corrected chi connectivity index (χ1v) is 8.33. The first kappa shape index (κ1) is 12.2. The zero-order valence-corrected chi connectivity index (χ0v) is 11.8. The Labute approximate surface area is 116 Å². The van der Waals surface area contributed by atoms with Gasteiger partial charge in [-0.25, -0.2) is 0 Å². The number of nitrogens with zero attached hydrogens (tertiary/aromatic N) is 1. The van der Waals surface area contributed by atoms with Crippen molar-refractivity contribution >= 4 is 5.91 Å². The largest absolute Gasteiger partial charge is 0.342 e. The molecule has 2 aliphatic carbocycles. The van der Waals surface area contributed by atoms with Gasteiger partial charge in [-0.15, -0.1) is 0 Å². The molecule has 2 heterocycles. The molecule has 2 saturated carbocycles. The van der Waals surface area contributed by atoms with E-state index >= 15 is 0 Å². The maximum Gasteiger partial charge on any atom is 0.225 e. The van der Waals surface area contributed by atoms with Crippen LogP contribution in [-0.4, -0.2) is 36.5 Å². The molecule has 0 spiro atoms. The maximum absolute atomic E-state index is 12.5. The van der Waals surface area contributed by atoms with E-state index < -0.39 is 0 Å². The minimum atomic E-state index is 0.393. The van der Waals surface area contributed by atoms with Gasteiger partial charge in [0.2, 0.25) is 5.91 Å². The molecule has 2 aliphatic heterocycles. The fraction of sp³-hybridized carbons (Fsp3) is 0.938. The summed E-state index contributed by atoms with van der Waals surface area (Å²) in [6, 6.07) is 0.747. The van der Waals surface area contributed by atoms with E-state index in [9.17, 15) is 4.79 Å². The topological polar surface area (TPSA) is 32.3 Å². The first-order chi connectivity index (χ1) is 9.31. The maximum atomic E-state index is 12.5. The lowest BCUT2D eigenvalue weighted by Crippen LogP contribution is -2.45. The summed E-state index contributed by atoms with van der Waals surface area (Å²) in [5.41, 5.74) is 0. The smallest absolute Gasteiger partial charge is 0.225 e. The van der Waals surface area contributed by atoms with Crippen LogP contribution in [-0.2, 0) is 4.79 Å². The van der Waals surface area contributed by atoms with Crippen LogP contribution in [0.2, 0.25) is 0 Å². The van der Waals surface area contributed by atoms with Gasteiger partial charge < -0.3 is 10.2 Å². The molecule has 3 unspecified atom stereocenters. The zero-order chi connectivity index (χ0) is 12.8. The molecule has 0 radical (unpaired) electrons. The SMILES string of the molecule is O=C(C1CC2CC2C1)N1CCC(C2CCCN2)CC1. The van der Waals surface area contributed by atoms with Crippen LogP contribution in [0.15, 0.2) is 0 Å². The van der Waals surface area contributed by atoms with Gasteiger partial charge in [0, 0.05) is 25.0 Å². The summed E-state index contributed by atoms with van der Waals surface area (Å²) in [4.78, 5) is 14.7. The summed E-state index contributed by atoms with van der Waals surface area (Å²) in [5.74, 6) is 3.56. The van der Waals surface area contributed by atoms with Gasteiger partial charge in [0.1, 0.15) is 0 Å². The highest BCUT2D eigenvalue weighted by Gasteiger charge is 2.49. The van der Waals surface area contributed by atoms with Crippen LogP contribution >= 0.6 is 0 Å². The number of likely N-dealkylation sites (tertiary alicyclic amines) is 1. The highest BCUT2D eigenvalue weighted by Crippen LogP contribution is 2.54. The summed E-state index contributed by atoms with van der Waals surface area (Å²) >= 11 is 0. The third kappa shape index (κ3) is 2.31. The zero-order valence-electron chi connectivity index (χ0n) is 11.8. The van der Waals surface area contributed by atoms with E-state index in [1.807, 2.05) is 0 Å². The van der Waals surface area contributed by atoms with E-state index in [4.69, 9.17) is 0 Å². The Morgan fingerprint density at radius 3 is 2.32 bits per heavy atom. The number of hydrogen-bond donors (Lipinski definition) is 1. The van der Waals surface area contributed by atoms with Crippen LogP contribution in [0.5, 0.6) is 0 Å². The van der Waals surface area contributed by atoms with E-state index in [1.54, 1.807) is 0 Å². The summed E-state index contributed by atoms with van der Waals surface area (Å²) in [6.07, 6.45) is 8.96. The molecule has 3 heteroatoms. The van der Waals surface area contributed by atoms with Crippen LogP contribution in [0.3, 0.4) is 0 Å². The summed E-state index contributed by atoms with van der Waals surface area (Å²) in [6.45, 7) is 3.25. The Kier molecular flexibility index (Phi) is 3.06. The molecule has 4 rings (SSSR count). The average Bonchev–Trinajstić information content (AvgIpc) is 2.88. The second-order valence-electron chi connectivity index (χ2n) is 7.29. The molecule has 2 saturated heterocycles. The lowest BCUT2D eigenvalue weighted by molar-refractivity contribution is -0.137. The van der Waals surface area contributed by atoms with E-state index in [0.29, 0.717) is 11.8 Å². The number of hydrogen-bond acceptors (Lipinski definition) is 2. The predicted octanol–water partition coefficient (Wildman–Crippen LogP) is 2.02. The number of fused-ring (bicyclic) bond motifs is 1. The first-order valence-electron chi connectivity index (χ1n) is 8.33. The second-order valence-corrected chi connectivity index (χ2v) is 7.29. The number of rotatable bonds is 2. The molecule has 0 aromatic carbocycles. The molecule has 4 aliphatic rings. The molecular formula is C16H26N2O. The molecule has 106 valence electrons. The highest BCUT2D eigenvalue weighted by atomic mass is 16.2. The molecule has 19 heavy (non-hydrogen) atoms. The Hall–Kier alpha value is -0.570. The van der Waals surface area contributed by atoms with Crippen LogP contribution in [0.25, 0.3) is 0 Å². The van der Waals surface area contributed by atoms with Crippen molar-refractivity contribution in [1.82, 2.24) is 10.2 Å². The number of nitrogens with one attached hydrogen (secondary N) is 1. The van der Waals surface area contributed by atoms with E-state index in [0.717, 1.165) is 36.9 Å². The van der Waals surface area contributed by atoms with Gasteiger partial charge in [0.25, 0.3) is 0 Å². The summed E-state index contributed by atoms with van der Waals surface area (Å²) in [7, 11) is 0. The normalized spacial score (nSPS) is 42.4. The number of piperidine rings is 1. The quantitative estimate of drug-likeness (QED) is 0.826. The Morgan fingerprint density at radius 2 is 1.68 bits per heavy atom. The van der Waals surface area contributed by atoms with E-state index in [2.05, 4.69) is 10.2 Å². The van der Waals surface area contributed by atoms with Crippen LogP contribution in [0.4, 0.5) is 0 Å². The van der Waals surface area contributed by atoms with Gasteiger partial charge in [0.15, 0.2) is 0 Å². The molecule has 3 atom stereocenters. The van der Waals surface area contributed by atoms with Crippen LogP contribution < -0.4 is 5.32 Å². The molecule has 3 nitrogen and oxygen atoms in total. The van der Waals surface area contributed by atoms with Crippen molar-refractivity contribution in [3.63, 3.8) is 0 Å². The van der Waals surface area contributed by atoms with Crippen LogP contribution in [0, 0.1) is 23.7 Å². The molecule has 0 aromatic heterocycles. The molecular weight excluding hydrogens is 236 g/mol. The van der Waals surface area contributed by atoms with Gasteiger partial charge in [-0.05, 0) is 69.2 Å². The number of amides is 1. The molecule has 1 amide bonds. The Morgan fingerprint density at radius 1 is 0.947 bits per heavy atom. The van der Waals surface area contributed by atoms with Gasteiger partial charge in [-0.1, -0.05) is 0 Å². The van der Waals surface area contributed by atoms with Crippen molar-refractivity contribution in [2.45, 2.75) is 51.0 Å². The van der Waals surface area contributed by atoms with Gasteiger partial charge in [0.05, 0.1) is 0 Å². The van der Waals surface area contributed by atoms with Crippen molar-refractivity contribution in [2.75, 3.05) is 19.6 Å². The fourth-order valence-corrected chi connectivity index (χ4v) is 4.81. The summed E-state index contributed by atoms with van der Waals surface area (Å²) < 4.78 is 0. The standard InChI is InChI=1S/C16H26N2O/c19-16(14-9-12-8-13(12)10-14)18-6-3-11(4-7-18)15-2-1-5-17-15/h11-15,17H,1-10H2. The Bertz CT molecular complexity index is 346. The number of carbonyl (C=O) groups excluding carboxylic acids is 1. The van der Waals surface area contributed by atoms with Crippen molar-refractivity contribution < 1.29 is 4.79 Å². The monoisotopic (exact) mass is 262 g/mol. The van der Waals surface area contributed by atoms with Crippen molar-refractivity contribution in [1.29, 1.82) is 0 Å². The molecule has 0 aromatic rings. The Balaban J connectivity index is 1.28. The average molecular weight is 262 g/mol. The predicted molar refractivity (Wildman–Crippen MR) is 74.6 cm³/mol. The second kappa shape index (κ2) is 4.76. The minimum absolute atomic E-state index is 0.393. The van der Waals surface area contributed by atoms with Crippen LogP contribution in [0.1, 0.15) is 44.9 Å². The molecule has 1 N–H and O–H groups in total. The lowest BCUT2D eigenvalue weighted by Gasteiger charge is -2.36. The van der Waals surface area contributed by atoms with Crippen molar-refractivity contribution in [2.24, 2.45) is 23.7 Å². The van der Waals surface area contributed by atoms with Crippen molar-refractivity contribution in [3.05, 3.63) is 0 Å². The highest BCUT2D eigenvalue weighted by molar-refractivity contribution is 5.79. The fourth-order valence-electron chi connectivity index (χ4n) is 4.81. The van der Waals surface area contributed by atoms with Gasteiger partial charge in [-0.3, -0.25) is 4.79 Å². The molecule has 0 bridgehead atoms. The third-order valence-electron chi connectivity index (χ3n) is 6.11. The van der Waals surface area contributed by atoms with Gasteiger partial charge >= 0.3 is 0 Å². The summed E-state index contributed by atoms with van der Waals surface area (Å²) in [5, 5.41) is 3.63. The minimum Gasteiger partial charge on any atom is -0.342 e. The number of carbonyl (C=O) groups is 1. The van der Waals surface area contributed by atoms with E-state index in [1.165, 1.54) is 51.5 Å². The van der Waals surface area contributed by atoms with Gasteiger partial charge in [-0.2, -0.15) is 0 Å². The van der Waals surface area contributed by atoms with E-state index in [-0.39, 0.29) is 0 Å². The lowest BCUT2D eigenvalue weighted by atomic mass is 9.88. The van der Waals surface area contributed by atoms with Crippen molar-refractivity contribution in [3.8, 4) is 0 Å². The molecule has 4 fully saturated rings.